The second kappa shape index (κ2) is 4.40. The van der Waals surface area contributed by atoms with Crippen LogP contribution in [0.15, 0.2) is 30.3 Å². The summed E-state index contributed by atoms with van der Waals surface area (Å²) in [4.78, 5) is 0. The molecule has 0 N–H and O–H groups in total. The predicted molar refractivity (Wildman–Crippen MR) is 52.4 cm³/mol. The van der Waals surface area contributed by atoms with Crippen LogP contribution in [0.5, 0.6) is 0 Å². The van der Waals surface area contributed by atoms with Gasteiger partial charge in [-0.1, -0.05) is 37.8 Å². The smallest absolute Gasteiger partial charge is 0.184 e. The van der Waals surface area contributed by atoms with E-state index in [2.05, 4.69) is 0 Å². The number of rotatable bonds is 1. The van der Waals surface area contributed by atoms with Gasteiger partial charge in [-0.05, 0) is 6.92 Å². The first-order valence-corrected chi connectivity index (χ1v) is 4.18. The van der Waals surface area contributed by atoms with Gasteiger partial charge in [-0.15, -0.1) is 0 Å². The second-order valence-corrected chi connectivity index (χ2v) is 3.02. The molecule has 0 spiro atoms. The highest BCUT2D eigenvalue weighted by Gasteiger charge is 2.23. The van der Waals surface area contributed by atoms with E-state index in [1.165, 1.54) is 0 Å². The lowest BCUT2D eigenvalue weighted by Crippen LogP contribution is -2.02. The Bertz CT molecular complexity index is 246. The van der Waals surface area contributed by atoms with Crippen molar-refractivity contribution in [1.82, 2.24) is 0 Å². The summed E-state index contributed by atoms with van der Waals surface area (Å²) in [6.45, 7) is 2.71. The Hall–Kier alpha value is -0.860. The average Bonchev–Trinajstić information content (AvgIpc) is 2.54. The van der Waals surface area contributed by atoms with E-state index in [4.69, 9.17) is 9.47 Å². The molecule has 0 aromatic heterocycles. The van der Waals surface area contributed by atoms with Gasteiger partial charge in [-0.3, -0.25) is 0 Å². The summed E-state index contributed by atoms with van der Waals surface area (Å²) in [5, 5.41) is 0. The van der Waals surface area contributed by atoms with Crippen LogP contribution >= 0.6 is 0 Å². The lowest BCUT2D eigenvalue weighted by Gasteiger charge is -2.08. The van der Waals surface area contributed by atoms with E-state index < -0.39 is 0 Å². The molecule has 72 valence electrons. The van der Waals surface area contributed by atoms with E-state index in [9.17, 15) is 0 Å². The third-order valence-corrected chi connectivity index (χ3v) is 1.91. The molecule has 0 aliphatic carbocycles. The van der Waals surface area contributed by atoms with Crippen LogP contribution in [0.1, 0.15) is 26.2 Å². The van der Waals surface area contributed by atoms with Gasteiger partial charge in [0.05, 0.1) is 12.7 Å². The van der Waals surface area contributed by atoms with Crippen LogP contribution in [0.3, 0.4) is 0 Å². The molecule has 1 aliphatic rings. The Kier molecular flexibility index (Phi) is 3.46. The molecule has 2 atom stereocenters. The summed E-state index contributed by atoms with van der Waals surface area (Å²) in [5.41, 5.74) is 1.10. The van der Waals surface area contributed by atoms with E-state index in [0.29, 0.717) is 6.61 Å². The van der Waals surface area contributed by atoms with E-state index in [1.54, 1.807) is 0 Å². The highest BCUT2D eigenvalue weighted by molar-refractivity contribution is 5.16. The summed E-state index contributed by atoms with van der Waals surface area (Å²) >= 11 is 0. The van der Waals surface area contributed by atoms with Crippen LogP contribution in [-0.4, -0.2) is 12.7 Å². The predicted octanol–water partition coefficient (Wildman–Crippen LogP) is 2.76. The average molecular weight is 180 g/mol. The maximum Gasteiger partial charge on any atom is 0.184 e. The summed E-state index contributed by atoms with van der Waals surface area (Å²) in [6.07, 6.45) is 0.0661. The van der Waals surface area contributed by atoms with Crippen molar-refractivity contribution in [2.24, 2.45) is 0 Å². The van der Waals surface area contributed by atoms with E-state index in [-0.39, 0.29) is 19.8 Å². The molecule has 2 unspecified atom stereocenters. The lowest BCUT2D eigenvalue weighted by molar-refractivity contribution is -0.0572. The highest BCUT2D eigenvalue weighted by atomic mass is 16.7. The molecule has 1 saturated heterocycles. The van der Waals surface area contributed by atoms with Gasteiger partial charge in [0.1, 0.15) is 0 Å². The zero-order valence-corrected chi connectivity index (χ0v) is 7.07. The largest absolute Gasteiger partial charge is 0.346 e. The molecule has 1 aliphatic heterocycles. The monoisotopic (exact) mass is 180 g/mol. The first-order valence-electron chi connectivity index (χ1n) is 4.18. The summed E-state index contributed by atoms with van der Waals surface area (Å²) in [6, 6.07) is 10.0. The fourth-order valence-corrected chi connectivity index (χ4v) is 1.30. The van der Waals surface area contributed by atoms with Crippen molar-refractivity contribution >= 4 is 0 Å². The topological polar surface area (TPSA) is 18.5 Å². The minimum atomic E-state index is -0.152. The number of hydrogen-bond donors (Lipinski definition) is 0. The van der Waals surface area contributed by atoms with Crippen LogP contribution in [0.4, 0.5) is 0 Å². The van der Waals surface area contributed by atoms with E-state index >= 15 is 0 Å². The first-order chi connectivity index (χ1) is 5.86. The maximum absolute atomic E-state index is 5.53. The Morgan fingerprint density at radius 1 is 1.23 bits per heavy atom. The van der Waals surface area contributed by atoms with Crippen LogP contribution in [-0.2, 0) is 9.47 Å². The van der Waals surface area contributed by atoms with Crippen molar-refractivity contribution in [2.75, 3.05) is 6.61 Å². The van der Waals surface area contributed by atoms with Crippen molar-refractivity contribution in [3.63, 3.8) is 0 Å². The molecule has 0 saturated carbocycles. The van der Waals surface area contributed by atoms with E-state index in [1.807, 2.05) is 37.3 Å². The summed E-state index contributed by atoms with van der Waals surface area (Å²) < 4.78 is 11.0. The Morgan fingerprint density at radius 3 is 2.46 bits per heavy atom. The standard InChI is InChI=1S/C10H12O2.CH4/c1-8-7-11-10(12-8)9-5-3-2-4-6-9;/h2-6,8,10H,7H2,1H3;1H4. The lowest BCUT2D eigenvalue weighted by atomic mass is 10.2. The molecule has 0 amide bonds. The zero-order chi connectivity index (χ0) is 8.39. The fraction of sp³-hybridized carbons (Fsp3) is 0.455. The molecule has 1 fully saturated rings. The molecular formula is C11H16O2. The molecule has 1 aromatic rings. The second-order valence-electron chi connectivity index (χ2n) is 3.02. The molecule has 2 rings (SSSR count). The minimum Gasteiger partial charge on any atom is -0.346 e. The number of benzene rings is 1. The SMILES string of the molecule is C.CC1COC(c2ccccc2)O1. The molecule has 1 aromatic carbocycles. The third-order valence-electron chi connectivity index (χ3n) is 1.91. The van der Waals surface area contributed by atoms with Crippen LogP contribution in [0, 0.1) is 0 Å². The molecule has 2 nitrogen and oxygen atoms in total. The van der Waals surface area contributed by atoms with Crippen molar-refractivity contribution in [1.29, 1.82) is 0 Å². The minimum absolute atomic E-state index is 0. The van der Waals surface area contributed by atoms with Gasteiger partial charge in [0, 0.05) is 5.56 Å². The quantitative estimate of drug-likeness (QED) is 0.661. The van der Waals surface area contributed by atoms with Crippen molar-refractivity contribution in [3.05, 3.63) is 35.9 Å². The van der Waals surface area contributed by atoms with Crippen LogP contribution < -0.4 is 0 Å². The van der Waals surface area contributed by atoms with Gasteiger partial charge in [0.15, 0.2) is 6.29 Å². The zero-order valence-electron chi connectivity index (χ0n) is 7.07. The molecular weight excluding hydrogens is 164 g/mol. The van der Waals surface area contributed by atoms with Gasteiger partial charge >= 0.3 is 0 Å². The van der Waals surface area contributed by atoms with Crippen LogP contribution in [0.25, 0.3) is 0 Å². The van der Waals surface area contributed by atoms with Crippen molar-refractivity contribution in [2.45, 2.75) is 26.7 Å². The molecule has 2 heteroatoms. The summed E-state index contributed by atoms with van der Waals surface area (Å²) in [7, 11) is 0. The molecule has 13 heavy (non-hydrogen) atoms. The molecule has 0 bridgehead atoms. The van der Waals surface area contributed by atoms with Gasteiger partial charge in [-0.2, -0.15) is 0 Å². The maximum atomic E-state index is 5.53. The van der Waals surface area contributed by atoms with Crippen LogP contribution in [0.2, 0.25) is 0 Å². The van der Waals surface area contributed by atoms with Gasteiger partial charge in [0.25, 0.3) is 0 Å². The third kappa shape index (κ3) is 2.29. The highest BCUT2D eigenvalue weighted by Crippen LogP contribution is 2.25. The van der Waals surface area contributed by atoms with E-state index in [0.717, 1.165) is 5.56 Å². The number of hydrogen-bond acceptors (Lipinski definition) is 2. The number of ether oxygens (including phenoxy) is 2. The fourth-order valence-electron chi connectivity index (χ4n) is 1.30. The Morgan fingerprint density at radius 2 is 1.92 bits per heavy atom. The Balaban J connectivity index is 0.000000845. The van der Waals surface area contributed by atoms with Gasteiger partial charge in [-0.25, -0.2) is 0 Å². The summed E-state index contributed by atoms with van der Waals surface area (Å²) in [5.74, 6) is 0. The van der Waals surface area contributed by atoms with Gasteiger partial charge < -0.3 is 9.47 Å². The van der Waals surface area contributed by atoms with Crippen molar-refractivity contribution in [3.8, 4) is 0 Å². The first kappa shape index (κ1) is 10.2. The van der Waals surface area contributed by atoms with Gasteiger partial charge in [0.2, 0.25) is 0 Å². The molecule has 1 heterocycles. The van der Waals surface area contributed by atoms with Crippen molar-refractivity contribution < 1.29 is 9.47 Å². The normalized spacial score (nSPS) is 26.8. The Labute approximate surface area is 79.5 Å². The molecule has 0 radical (unpaired) electrons.